The first kappa shape index (κ1) is 19.4. The van der Waals surface area contributed by atoms with Crippen molar-refractivity contribution in [3.63, 3.8) is 0 Å². The van der Waals surface area contributed by atoms with Gasteiger partial charge in [-0.25, -0.2) is 4.79 Å². The summed E-state index contributed by atoms with van der Waals surface area (Å²) in [5.41, 5.74) is 8.00. The highest BCUT2D eigenvalue weighted by atomic mass is 16.6. The number of nitrogens with zero attached hydrogens (tertiary/aromatic N) is 4. The number of amides is 2. The number of hydrogen-bond acceptors (Lipinski definition) is 5. The van der Waals surface area contributed by atoms with Crippen LogP contribution in [0.3, 0.4) is 0 Å². The van der Waals surface area contributed by atoms with Crippen LogP contribution in [-0.4, -0.2) is 38.6 Å². The molecule has 1 aliphatic rings. The Labute approximate surface area is 163 Å². The second-order valence-corrected chi connectivity index (χ2v) is 7.71. The summed E-state index contributed by atoms with van der Waals surface area (Å²) in [6.07, 6.45) is 1.21. The number of hydrogen-bond donors (Lipinski definition) is 1. The van der Waals surface area contributed by atoms with E-state index < -0.39 is 17.6 Å². The van der Waals surface area contributed by atoms with E-state index in [-0.39, 0.29) is 17.7 Å². The molecule has 0 aliphatic carbocycles. The van der Waals surface area contributed by atoms with Crippen molar-refractivity contribution in [3.8, 4) is 17.3 Å². The zero-order valence-electron chi connectivity index (χ0n) is 16.4. The smallest absolute Gasteiger partial charge is 0.410 e. The fourth-order valence-electron chi connectivity index (χ4n) is 3.43. The highest BCUT2D eigenvalue weighted by Gasteiger charge is 2.34. The molecule has 2 aromatic rings. The van der Waals surface area contributed by atoms with E-state index in [2.05, 4.69) is 11.1 Å². The van der Waals surface area contributed by atoms with Crippen LogP contribution in [0.15, 0.2) is 18.3 Å². The van der Waals surface area contributed by atoms with Gasteiger partial charge in [0.15, 0.2) is 0 Å². The maximum atomic E-state index is 12.5. The van der Waals surface area contributed by atoms with Crippen molar-refractivity contribution in [2.24, 2.45) is 5.73 Å². The second kappa shape index (κ2) is 7.00. The standard InChI is InChI=1S/C20H23N5O3/c1-12-13(6-5-7-23-12)17-14(10-21)16(18(22)26)15-11-24(8-9-25(15)17)19(27)28-20(2,3)4/h5-7H,8-9,11H2,1-4H3,(H2,22,26). The number of pyridine rings is 1. The predicted octanol–water partition coefficient (Wildman–Crippen LogP) is 2.58. The molecule has 0 bridgehead atoms. The van der Waals surface area contributed by atoms with Gasteiger partial charge in [0, 0.05) is 30.5 Å². The molecule has 2 N–H and O–H groups in total. The van der Waals surface area contributed by atoms with E-state index in [1.807, 2.05) is 17.6 Å². The normalized spacial score (nSPS) is 13.6. The molecule has 146 valence electrons. The highest BCUT2D eigenvalue weighted by molar-refractivity contribution is 5.99. The summed E-state index contributed by atoms with van der Waals surface area (Å²) in [6.45, 7) is 8.18. The number of aromatic nitrogens is 2. The summed E-state index contributed by atoms with van der Waals surface area (Å²) >= 11 is 0. The lowest BCUT2D eigenvalue weighted by molar-refractivity contribution is 0.0198. The van der Waals surface area contributed by atoms with Crippen molar-refractivity contribution in [2.45, 2.75) is 46.4 Å². The topological polar surface area (TPSA) is 114 Å². The van der Waals surface area contributed by atoms with Crippen LogP contribution in [-0.2, 0) is 17.8 Å². The summed E-state index contributed by atoms with van der Waals surface area (Å²) in [7, 11) is 0. The molecule has 0 aromatic carbocycles. The number of fused-ring (bicyclic) bond motifs is 1. The van der Waals surface area contributed by atoms with Gasteiger partial charge >= 0.3 is 6.09 Å². The van der Waals surface area contributed by atoms with Gasteiger partial charge in [0.2, 0.25) is 0 Å². The lowest BCUT2D eigenvalue weighted by Crippen LogP contribution is -2.42. The molecule has 2 amide bonds. The fourth-order valence-corrected chi connectivity index (χ4v) is 3.43. The SMILES string of the molecule is Cc1ncccc1-c1c(C#N)c(C(N)=O)c2n1CCN(C(=O)OC(C)(C)C)C2. The number of carbonyl (C=O) groups excluding carboxylic acids is 2. The molecule has 8 nitrogen and oxygen atoms in total. The molecule has 0 saturated carbocycles. The molecular weight excluding hydrogens is 358 g/mol. The van der Waals surface area contributed by atoms with Gasteiger partial charge in [-0.1, -0.05) is 0 Å². The minimum atomic E-state index is -0.695. The van der Waals surface area contributed by atoms with Gasteiger partial charge < -0.3 is 19.9 Å². The predicted molar refractivity (Wildman–Crippen MR) is 102 cm³/mol. The molecule has 0 saturated heterocycles. The zero-order chi connectivity index (χ0) is 20.6. The fraction of sp³-hybridized carbons (Fsp3) is 0.400. The van der Waals surface area contributed by atoms with Gasteiger partial charge in [0.05, 0.1) is 29.1 Å². The summed E-state index contributed by atoms with van der Waals surface area (Å²) in [4.78, 5) is 30.5. The number of nitriles is 1. The molecule has 3 heterocycles. The van der Waals surface area contributed by atoms with Crippen molar-refractivity contribution in [2.75, 3.05) is 6.54 Å². The average Bonchev–Trinajstić information content (AvgIpc) is 2.94. The van der Waals surface area contributed by atoms with Gasteiger partial charge in [0.1, 0.15) is 11.7 Å². The minimum absolute atomic E-state index is 0.140. The Hall–Kier alpha value is -3.34. The number of ether oxygens (including phenoxy) is 1. The zero-order valence-corrected chi connectivity index (χ0v) is 16.4. The van der Waals surface area contributed by atoms with E-state index in [1.54, 1.807) is 33.0 Å². The number of carbonyl (C=O) groups is 2. The van der Waals surface area contributed by atoms with Gasteiger partial charge in [-0.3, -0.25) is 9.78 Å². The first-order valence-corrected chi connectivity index (χ1v) is 8.99. The van der Waals surface area contributed by atoms with Crippen molar-refractivity contribution in [1.29, 1.82) is 5.26 Å². The molecule has 0 spiro atoms. The van der Waals surface area contributed by atoms with Gasteiger partial charge in [0.25, 0.3) is 5.91 Å². The van der Waals surface area contributed by atoms with Crippen LogP contribution in [0.25, 0.3) is 11.3 Å². The van der Waals surface area contributed by atoms with Gasteiger partial charge in [-0.05, 0) is 39.8 Å². The molecule has 8 heteroatoms. The summed E-state index contributed by atoms with van der Waals surface area (Å²) < 4.78 is 7.34. The van der Waals surface area contributed by atoms with E-state index in [0.717, 1.165) is 11.3 Å². The Morgan fingerprint density at radius 1 is 1.32 bits per heavy atom. The van der Waals surface area contributed by atoms with Crippen molar-refractivity contribution in [1.82, 2.24) is 14.5 Å². The van der Waals surface area contributed by atoms with E-state index in [1.165, 1.54) is 4.90 Å². The lowest BCUT2D eigenvalue weighted by Gasteiger charge is -2.32. The Balaban J connectivity index is 2.13. The number of nitrogens with two attached hydrogens (primary N) is 1. The third-order valence-electron chi connectivity index (χ3n) is 4.58. The largest absolute Gasteiger partial charge is 0.444 e. The first-order valence-electron chi connectivity index (χ1n) is 8.99. The van der Waals surface area contributed by atoms with Crippen molar-refractivity contribution in [3.05, 3.63) is 40.8 Å². The van der Waals surface area contributed by atoms with Crippen molar-refractivity contribution >= 4 is 12.0 Å². The molecule has 2 aromatic heterocycles. The third kappa shape index (κ3) is 3.43. The van der Waals surface area contributed by atoms with Crippen LogP contribution in [0.1, 0.15) is 48.1 Å². The quantitative estimate of drug-likeness (QED) is 0.859. The van der Waals surface area contributed by atoms with Crippen LogP contribution in [0.2, 0.25) is 0 Å². The number of primary amides is 1. The lowest BCUT2D eigenvalue weighted by atomic mass is 10.0. The van der Waals surface area contributed by atoms with E-state index >= 15 is 0 Å². The van der Waals surface area contributed by atoms with Crippen LogP contribution in [0, 0.1) is 18.3 Å². The Kier molecular flexibility index (Phi) is 4.86. The number of rotatable bonds is 2. The number of aryl methyl sites for hydroxylation is 1. The first-order chi connectivity index (χ1) is 13.1. The average molecular weight is 381 g/mol. The summed E-state index contributed by atoms with van der Waals surface area (Å²) in [5.74, 6) is -0.695. The van der Waals surface area contributed by atoms with Crippen molar-refractivity contribution < 1.29 is 14.3 Å². The summed E-state index contributed by atoms with van der Waals surface area (Å²) in [5, 5.41) is 9.78. The van der Waals surface area contributed by atoms with Crippen LogP contribution in [0.5, 0.6) is 0 Å². The molecule has 3 rings (SSSR count). The molecule has 1 aliphatic heterocycles. The van der Waals surface area contributed by atoms with E-state index in [4.69, 9.17) is 10.5 Å². The van der Waals surface area contributed by atoms with Gasteiger partial charge in [-0.2, -0.15) is 5.26 Å². The minimum Gasteiger partial charge on any atom is -0.444 e. The van der Waals surface area contributed by atoms with Crippen LogP contribution >= 0.6 is 0 Å². The maximum Gasteiger partial charge on any atom is 0.410 e. The van der Waals surface area contributed by atoms with Gasteiger partial charge in [-0.15, -0.1) is 0 Å². The summed E-state index contributed by atoms with van der Waals surface area (Å²) in [6, 6.07) is 5.77. The molecule has 0 radical (unpaired) electrons. The Morgan fingerprint density at radius 2 is 2.04 bits per heavy atom. The van der Waals surface area contributed by atoms with E-state index in [0.29, 0.717) is 24.5 Å². The molecule has 0 fully saturated rings. The van der Waals surface area contributed by atoms with E-state index in [9.17, 15) is 14.9 Å². The molecule has 0 atom stereocenters. The van der Waals surface area contributed by atoms with Crippen LogP contribution < -0.4 is 5.73 Å². The highest BCUT2D eigenvalue weighted by Crippen LogP contribution is 2.35. The molecular formula is C20H23N5O3. The Bertz CT molecular complexity index is 994. The van der Waals surface area contributed by atoms with Crippen LogP contribution in [0.4, 0.5) is 4.79 Å². The Morgan fingerprint density at radius 3 is 2.61 bits per heavy atom. The third-order valence-corrected chi connectivity index (χ3v) is 4.58. The maximum absolute atomic E-state index is 12.5. The molecule has 0 unspecified atom stereocenters. The second-order valence-electron chi connectivity index (χ2n) is 7.71. The monoisotopic (exact) mass is 381 g/mol. The molecule has 28 heavy (non-hydrogen) atoms.